The summed E-state index contributed by atoms with van der Waals surface area (Å²) in [7, 11) is 0. The van der Waals surface area contributed by atoms with Crippen LogP contribution in [-0.2, 0) is 0 Å². The van der Waals surface area contributed by atoms with Crippen LogP contribution in [-0.4, -0.2) is 28.9 Å². The zero-order valence-electron chi connectivity index (χ0n) is 12.2. The van der Waals surface area contributed by atoms with Gasteiger partial charge in [-0.25, -0.2) is 9.97 Å². The highest BCUT2D eigenvalue weighted by Crippen LogP contribution is 2.20. The molecule has 0 spiro atoms. The van der Waals surface area contributed by atoms with E-state index < -0.39 is 0 Å². The monoisotopic (exact) mass is 271 g/mol. The predicted octanol–water partition coefficient (Wildman–Crippen LogP) is 2.34. The first-order chi connectivity index (χ1) is 9.52. The van der Waals surface area contributed by atoms with E-state index in [0.29, 0.717) is 6.54 Å². The molecule has 3 N–H and O–H groups in total. The molecule has 5 nitrogen and oxygen atoms in total. The number of anilines is 1. The number of hydrogen-bond acceptors (Lipinski definition) is 4. The zero-order valence-corrected chi connectivity index (χ0v) is 12.2. The van der Waals surface area contributed by atoms with Gasteiger partial charge in [-0.05, 0) is 26.0 Å². The van der Waals surface area contributed by atoms with Gasteiger partial charge in [-0.2, -0.15) is 0 Å². The molecule has 1 heterocycles. The molecule has 0 amide bonds. The molecule has 0 aliphatic rings. The van der Waals surface area contributed by atoms with Gasteiger partial charge in [0.1, 0.15) is 0 Å². The zero-order chi connectivity index (χ0) is 14.7. The molecule has 0 fully saturated rings. The number of nitrogens with two attached hydrogens (primary N) is 1. The van der Waals surface area contributed by atoms with Crippen LogP contribution in [0.1, 0.15) is 19.5 Å². The van der Waals surface area contributed by atoms with Crippen molar-refractivity contribution >= 4 is 22.7 Å². The van der Waals surface area contributed by atoms with E-state index in [-0.39, 0.29) is 11.8 Å². The smallest absolute Gasteiger partial charge is 0.150 e. The Bertz CT molecular complexity index is 623. The average molecular weight is 271 g/mol. The first kappa shape index (κ1) is 14.2. The minimum atomic E-state index is 0.00243. The summed E-state index contributed by atoms with van der Waals surface area (Å²) < 4.78 is 0. The van der Waals surface area contributed by atoms with E-state index in [4.69, 9.17) is 16.1 Å². The standard InChI is InChI=1S/C15H21N5/c1-4-20(9-10(2)14(16)17)15-11(3)18-12-7-5-6-8-13(12)19-15/h5-8,10H,4,9H2,1-3H3,(H3,16,17). The van der Waals surface area contributed by atoms with Crippen LogP contribution in [0.2, 0.25) is 0 Å². The summed E-state index contributed by atoms with van der Waals surface area (Å²) in [6, 6.07) is 7.86. The van der Waals surface area contributed by atoms with Gasteiger partial charge < -0.3 is 10.6 Å². The van der Waals surface area contributed by atoms with Crippen LogP contribution >= 0.6 is 0 Å². The maximum atomic E-state index is 7.53. The summed E-state index contributed by atoms with van der Waals surface area (Å²) in [6.07, 6.45) is 0. The average Bonchev–Trinajstić information content (AvgIpc) is 2.43. The van der Waals surface area contributed by atoms with Crippen LogP contribution in [0.15, 0.2) is 24.3 Å². The molecule has 0 aliphatic heterocycles. The lowest BCUT2D eigenvalue weighted by Crippen LogP contribution is -2.35. The Labute approximate surface area is 119 Å². The SMILES string of the molecule is CCN(CC(C)C(=N)N)c1nc2ccccc2nc1C. The lowest BCUT2D eigenvalue weighted by Gasteiger charge is -2.26. The second-order valence-electron chi connectivity index (χ2n) is 5.02. The lowest BCUT2D eigenvalue weighted by atomic mass is 10.1. The van der Waals surface area contributed by atoms with E-state index in [9.17, 15) is 0 Å². The van der Waals surface area contributed by atoms with Gasteiger partial charge in [0.15, 0.2) is 5.82 Å². The molecule has 20 heavy (non-hydrogen) atoms. The van der Waals surface area contributed by atoms with Crippen LogP contribution in [0.4, 0.5) is 5.82 Å². The van der Waals surface area contributed by atoms with E-state index in [0.717, 1.165) is 29.1 Å². The van der Waals surface area contributed by atoms with Crippen molar-refractivity contribution in [3.8, 4) is 0 Å². The summed E-state index contributed by atoms with van der Waals surface area (Å²) >= 11 is 0. The number of aromatic nitrogens is 2. The molecule has 1 aromatic heterocycles. The van der Waals surface area contributed by atoms with Gasteiger partial charge in [0.05, 0.1) is 22.6 Å². The van der Waals surface area contributed by atoms with E-state index in [2.05, 4.69) is 16.8 Å². The molecule has 0 bridgehead atoms. The normalized spacial score (nSPS) is 12.3. The van der Waals surface area contributed by atoms with Crippen LogP contribution in [0.3, 0.4) is 0 Å². The number of nitrogens with one attached hydrogen (secondary N) is 1. The number of amidine groups is 1. The molecule has 0 aliphatic carbocycles. The lowest BCUT2D eigenvalue weighted by molar-refractivity contribution is 0.688. The molecule has 0 saturated carbocycles. The van der Waals surface area contributed by atoms with Gasteiger partial charge in [-0.15, -0.1) is 0 Å². The molecule has 2 rings (SSSR count). The predicted molar refractivity (Wildman–Crippen MR) is 83.2 cm³/mol. The molecule has 1 atom stereocenters. The second kappa shape index (κ2) is 5.86. The Kier molecular flexibility index (Phi) is 4.17. The van der Waals surface area contributed by atoms with E-state index in [1.165, 1.54) is 0 Å². The van der Waals surface area contributed by atoms with Crippen molar-refractivity contribution in [2.45, 2.75) is 20.8 Å². The molecule has 0 radical (unpaired) electrons. The quantitative estimate of drug-likeness (QED) is 0.646. The highest BCUT2D eigenvalue weighted by molar-refractivity contribution is 5.80. The number of para-hydroxylation sites is 2. The Morgan fingerprint density at radius 3 is 2.45 bits per heavy atom. The van der Waals surface area contributed by atoms with Crippen molar-refractivity contribution < 1.29 is 0 Å². The summed E-state index contributed by atoms with van der Waals surface area (Å²) in [5.74, 6) is 1.08. The molecular formula is C15H21N5. The number of fused-ring (bicyclic) bond motifs is 1. The Hall–Kier alpha value is -2.17. The van der Waals surface area contributed by atoms with Crippen molar-refractivity contribution in [1.29, 1.82) is 5.41 Å². The summed E-state index contributed by atoms with van der Waals surface area (Å²) in [4.78, 5) is 11.4. The van der Waals surface area contributed by atoms with Gasteiger partial charge in [-0.3, -0.25) is 5.41 Å². The maximum Gasteiger partial charge on any atom is 0.150 e. The fourth-order valence-corrected chi connectivity index (χ4v) is 2.17. The topological polar surface area (TPSA) is 78.9 Å². The molecule has 1 aromatic carbocycles. The van der Waals surface area contributed by atoms with Crippen LogP contribution in [0, 0.1) is 18.3 Å². The summed E-state index contributed by atoms with van der Waals surface area (Å²) in [6.45, 7) is 7.49. The maximum absolute atomic E-state index is 7.53. The first-order valence-electron chi connectivity index (χ1n) is 6.85. The van der Waals surface area contributed by atoms with Crippen molar-refractivity contribution in [3.63, 3.8) is 0 Å². The van der Waals surface area contributed by atoms with Crippen LogP contribution < -0.4 is 10.6 Å². The fourth-order valence-electron chi connectivity index (χ4n) is 2.17. The van der Waals surface area contributed by atoms with Gasteiger partial charge in [0.25, 0.3) is 0 Å². The second-order valence-corrected chi connectivity index (χ2v) is 5.02. The number of hydrogen-bond donors (Lipinski definition) is 2. The number of aryl methyl sites for hydroxylation is 1. The van der Waals surface area contributed by atoms with Crippen LogP contribution in [0.5, 0.6) is 0 Å². The molecule has 0 saturated heterocycles. The highest BCUT2D eigenvalue weighted by Gasteiger charge is 2.16. The fraction of sp³-hybridized carbons (Fsp3) is 0.400. The van der Waals surface area contributed by atoms with Gasteiger partial charge >= 0.3 is 0 Å². The van der Waals surface area contributed by atoms with E-state index in [1.807, 2.05) is 38.1 Å². The van der Waals surface area contributed by atoms with Crippen molar-refractivity contribution in [2.24, 2.45) is 11.7 Å². The van der Waals surface area contributed by atoms with Crippen molar-refractivity contribution in [3.05, 3.63) is 30.0 Å². The highest BCUT2D eigenvalue weighted by atomic mass is 15.2. The number of rotatable bonds is 5. The minimum absolute atomic E-state index is 0.00243. The molecule has 106 valence electrons. The minimum Gasteiger partial charge on any atom is -0.387 e. The van der Waals surface area contributed by atoms with E-state index in [1.54, 1.807) is 0 Å². The largest absolute Gasteiger partial charge is 0.387 e. The molecular weight excluding hydrogens is 250 g/mol. The molecule has 5 heteroatoms. The van der Waals surface area contributed by atoms with E-state index >= 15 is 0 Å². The third kappa shape index (κ3) is 2.87. The Balaban J connectivity index is 2.38. The summed E-state index contributed by atoms with van der Waals surface area (Å²) in [5, 5.41) is 7.53. The van der Waals surface area contributed by atoms with Crippen molar-refractivity contribution in [2.75, 3.05) is 18.0 Å². The third-order valence-electron chi connectivity index (χ3n) is 3.43. The Morgan fingerprint density at radius 1 is 1.30 bits per heavy atom. The molecule has 2 aromatic rings. The number of benzene rings is 1. The van der Waals surface area contributed by atoms with Gasteiger partial charge in [-0.1, -0.05) is 19.1 Å². The van der Waals surface area contributed by atoms with Gasteiger partial charge in [0.2, 0.25) is 0 Å². The Morgan fingerprint density at radius 2 is 1.90 bits per heavy atom. The summed E-state index contributed by atoms with van der Waals surface area (Å²) in [5.41, 5.74) is 8.27. The molecule has 1 unspecified atom stereocenters. The van der Waals surface area contributed by atoms with Crippen LogP contribution in [0.25, 0.3) is 11.0 Å². The third-order valence-corrected chi connectivity index (χ3v) is 3.43. The van der Waals surface area contributed by atoms with Crippen molar-refractivity contribution in [1.82, 2.24) is 9.97 Å². The first-order valence-corrected chi connectivity index (χ1v) is 6.85. The van der Waals surface area contributed by atoms with Gasteiger partial charge in [0, 0.05) is 19.0 Å². The number of nitrogens with zero attached hydrogens (tertiary/aromatic N) is 3.